The molecule has 0 aliphatic carbocycles. The van der Waals surface area contributed by atoms with E-state index in [4.69, 9.17) is 4.74 Å². The van der Waals surface area contributed by atoms with Crippen LogP contribution < -0.4 is 9.64 Å². The molecule has 0 aromatic heterocycles. The fourth-order valence-corrected chi connectivity index (χ4v) is 2.89. The summed E-state index contributed by atoms with van der Waals surface area (Å²) < 4.78 is 19.2. The predicted octanol–water partition coefficient (Wildman–Crippen LogP) is 3.83. The highest BCUT2D eigenvalue weighted by Gasteiger charge is 2.41. The molecule has 0 N–H and O–H groups in total. The molecular formula is C20H20FNO3. The quantitative estimate of drug-likeness (QED) is 0.797. The molecule has 0 radical (unpaired) electrons. The number of benzene rings is 2. The summed E-state index contributed by atoms with van der Waals surface area (Å²) in [7, 11) is 0. The Kier molecular flexibility index (Phi) is 4.11. The number of ether oxygens (including phenoxy) is 1. The van der Waals surface area contributed by atoms with E-state index >= 15 is 0 Å². The fourth-order valence-electron chi connectivity index (χ4n) is 2.89. The number of ketones is 1. The molecule has 0 spiro atoms. The summed E-state index contributed by atoms with van der Waals surface area (Å²) in [6, 6.07) is 9.74. The van der Waals surface area contributed by atoms with Crippen molar-refractivity contribution < 1.29 is 18.7 Å². The summed E-state index contributed by atoms with van der Waals surface area (Å²) in [6.07, 6.45) is 0. The normalized spacial score (nSPS) is 15.6. The lowest BCUT2D eigenvalue weighted by molar-refractivity contribution is -0.132. The van der Waals surface area contributed by atoms with E-state index in [-0.39, 0.29) is 24.1 Å². The molecule has 130 valence electrons. The van der Waals surface area contributed by atoms with E-state index in [2.05, 4.69) is 0 Å². The van der Waals surface area contributed by atoms with Gasteiger partial charge in [0.1, 0.15) is 11.6 Å². The van der Waals surface area contributed by atoms with Gasteiger partial charge in [-0.1, -0.05) is 6.07 Å². The molecule has 1 aliphatic heterocycles. The number of Topliss-reactive ketones (excluding diaryl/α,β-unsaturated/α-hetero) is 1. The van der Waals surface area contributed by atoms with E-state index < -0.39 is 5.60 Å². The Bertz CT molecular complexity index is 873. The van der Waals surface area contributed by atoms with Crippen LogP contribution in [0.25, 0.3) is 0 Å². The number of hydrogen-bond donors (Lipinski definition) is 0. The second-order valence-corrected chi connectivity index (χ2v) is 6.86. The van der Waals surface area contributed by atoms with Crippen LogP contribution in [0, 0.1) is 19.7 Å². The second kappa shape index (κ2) is 5.99. The Morgan fingerprint density at radius 1 is 1.16 bits per heavy atom. The van der Waals surface area contributed by atoms with Crippen molar-refractivity contribution in [1.29, 1.82) is 0 Å². The first-order chi connectivity index (χ1) is 11.7. The number of amides is 1. The topological polar surface area (TPSA) is 46.6 Å². The van der Waals surface area contributed by atoms with Gasteiger partial charge in [-0.3, -0.25) is 14.5 Å². The van der Waals surface area contributed by atoms with Crippen molar-refractivity contribution in [1.82, 2.24) is 0 Å². The number of carbonyl (C=O) groups is 2. The first-order valence-corrected chi connectivity index (χ1v) is 8.10. The Morgan fingerprint density at radius 2 is 1.88 bits per heavy atom. The highest BCUT2D eigenvalue weighted by molar-refractivity contribution is 6.09. The first kappa shape index (κ1) is 17.1. The molecule has 4 nitrogen and oxygen atoms in total. The van der Waals surface area contributed by atoms with Crippen molar-refractivity contribution in [2.45, 2.75) is 33.3 Å². The zero-order chi connectivity index (χ0) is 18.4. The highest BCUT2D eigenvalue weighted by Crippen LogP contribution is 2.38. The van der Waals surface area contributed by atoms with E-state index in [1.54, 1.807) is 26.8 Å². The van der Waals surface area contributed by atoms with Crippen LogP contribution >= 0.6 is 0 Å². The number of fused-ring (bicyclic) bond motifs is 1. The summed E-state index contributed by atoms with van der Waals surface area (Å²) in [5.41, 5.74) is 1.27. The van der Waals surface area contributed by atoms with Crippen molar-refractivity contribution in [2.24, 2.45) is 0 Å². The monoisotopic (exact) mass is 341 g/mol. The molecule has 1 amide bonds. The molecule has 5 heteroatoms. The molecule has 2 aromatic carbocycles. The maximum absolute atomic E-state index is 13.4. The van der Waals surface area contributed by atoms with Gasteiger partial charge in [0, 0.05) is 5.56 Å². The van der Waals surface area contributed by atoms with Crippen LogP contribution in [0.2, 0.25) is 0 Å². The minimum atomic E-state index is -1.05. The molecule has 0 bridgehead atoms. The lowest BCUT2D eigenvalue weighted by atomic mass is 10.0. The van der Waals surface area contributed by atoms with Crippen LogP contribution in [0.1, 0.15) is 35.3 Å². The zero-order valence-electron chi connectivity index (χ0n) is 14.7. The number of halogens is 1. The van der Waals surface area contributed by atoms with Crippen molar-refractivity contribution >= 4 is 17.4 Å². The zero-order valence-corrected chi connectivity index (χ0v) is 14.7. The van der Waals surface area contributed by atoms with Crippen LogP contribution in [0.15, 0.2) is 36.4 Å². The van der Waals surface area contributed by atoms with Crippen LogP contribution in [-0.4, -0.2) is 23.8 Å². The molecule has 0 unspecified atom stereocenters. The van der Waals surface area contributed by atoms with E-state index in [0.29, 0.717) is 22.6 Å². The molecule has 1 aliphatic rings. The third kappa shape index (κ3) is 3.14. The van der Waals surface area contributed by atoms with Gasteiger partial charge in [-0.05, 0) is 69.2 Å². The Labute approximate surface area is 146 Å². The van der Waals surface area contributed by atoms with E-state index in [1.807, 2.05) is 19.1 Å². The van der Waals surface area contributed by atoms with Gasteiger partial charge in [0.25, 0.3) is 5.91 Å². The van der Waals surface area contributed by atoms with Crippen molar-refractivity contribution in [3.8, 4) is 5.75 Å². The smallest absolute Gasteiger partial charge is 0.271 e. The van der Waals surface area contributed by atoms with Crippen molar-refractivity contribution in [2.75, 3.05) is 11.4 Å². The van der Waals surface area contributed by atoms with Gasteiger partial charge in [0.15, 0.2) is 11.4 Å². The standard InChI is InChI=1S/C20H20FNO3/c1-12-5-8-18-16(9-12)22(19(24)20(3,4)25-18)11-17(23)14-6-7-15(21)13(2)10-14/h5-10H,11H2,1-4H3. The maximum atomic E-state index is 13.4. The van der Waals surface area contributed by atoms with Crippen LogP contribution in [0.4, 0.5) is 10.1 Å². The van der Waals surface area contributed by atoms with Crippen molar-refractivity contribution in [3.05, 3.63) is 58.9 Å². The number of nitrogens with zero attached hydrogens (tertiary/aromatic N) is 1. The summed E-state index contributed by atoms with van der Waals surface area (Å²) in [6.45, 7) is 6.75. The van der Waals surface area contributed by atoms with Crippen LogP contribution in [0.5, 0.6) is 5.75 Å². The second-order valence-electron chi connectivity index (χ2n) is 6.86. The summed E-state index contributed by atoms with van der Waals surface area (Å²) in [4.78, 5) is 26.9. The predicted molar refractivity (Wildman–Crippen MR) is 93.7 cm³/mol. The molecule has 0 atom stereocenters. The van der Waals surface area contributed by atoms with Gasteiger partial charge in [-0.25, -0.2) is 4.39 Å². The third-order valence-electron chi connectivity index (χ3n) is 4.31. The average Bonchev–Trinajstić information content (AvgIpc) is 2.55. The first-order valence-electron chi connectivity index (χ1n) is 8.10. The van der Waals surface area contributed by atoms with Crippen LogP contribution in [0.3, 0.4) is 0 Å². The Morgan fingerprint density at radius 3 is 2.56 bits per heavy atom. The molecule has 1 heterocycles. The van der Waals surface area contributed by atoms with Gasteiger partial charge in [0.05, 0.1) is 12.2 Å². The van der Waals surface area contributed by atoms with E-state index in [9.17, 15) is 14.0 Å². The Hall–Kier alpha value is -2.69. The van der Waals surface area contributed by atoms with Gasteiger partial charge in [-0.2, -0.15) is 0 Å². The molecule has 0 fully saturated rings. The molecule has 25 heavy (non-hydrogen) atoms. The number of aryl methyl sites for hydroxylation is 2. The minimum absolute atomic E-state index is 0.118. The number of anilines is 1. The minimum Gasteiger partial charge on any atom is -0.476 e. The van der Waals surface area contributed by atoms with Crippen molar-refractivity contribution in [3.63, 3.8) is 0 Å². The highest BCUT2D eigenvalue weighted by atomic mass is 19.1. The van der Waals surface area contributed by atoms with Gasteiger partial charge in [-0.15, -0.1) is 0 Å². The SMILES string of the molecule is Cc1ccc2c(c1)N(CC(=O)c1ccc(F)c(C)c1)C(=O)C(C)(C)O2. The number of rotatable bonds is 3. The molecule has 2 aromatic rings. The largest absolute Gasteiger partial charge is 0.476 e. The summed E-state index contributed by atoms with van der Waals surface area (Å²) >= 11 is 0. The van der Waals surface area contributed by atoms with E-state index in [0.717, 1.165) is 5.56 Å². The Balaban J connectivity index is 1.97. The molecular weight excluding hydrogens is 321 g/mol. The van der Waals surface area contributed by atoms with Gasteiger partial charge < -0.3 is 4.74 Å². The summed E-state index contributed by atoms with van der Waals surface area (Å²) in [5, 5.41) is 0. The molecule has 3 rings (SSSR count). The lowest BCUT2D eigenvalue weighted by Gasteiger charge is -2.38. The van der Waals surface area contributed by atoms with Crippen LogP contribution in [-0.2, 0) is 4.79 Å². The van der Waals surface area contributed by atoms with Gasteiger partial charge in [0.2, 0.25) is 0 Å². The fraction of sp³-hybridized carbons (Fsp3) is 0.300. The average molecular weight is 341 g/mol. The van der Waals surface area contributed by atoms with Gasteiger partial charge >= 0.3 is 0 Å². The summed E-state index contributed by atoms with van der Waals surface area (Å²) in [5.74, 6) is -0.321. The lowest BCUT2D eigenvalue weighted by Crippen LogP contribution is -2.53. The third-order valence-corrected chi connectivity index (χ3v) is 4.31. The molecule has 0 saturated carbocycles. The molecule has 0 saturated heterocycles. The number of carbonyl (C=O) groups excluding carboxylic acids is 2. The maximum Gasteiger partial charge on any atom is 0.271 e. The van der Waals surface area contributed by atoms with E-state index in [1.165, 1.54) is 23.1 Å². The number of hydrogen-bond acceptors (Lipinski definition) is 3.